The Morgan fingerprint density at radius 2 is 2.06 bits per heavy atom. The van der Waals surface area contributed by atoms with E-state index >= 15 is 0 Å². The summed E-state index contributed by atoms with van der Waals surface area (Å²) in [4.78, 5) is 0. The fraction of sp³-hybridized carbons (Fsp3) is 0.200. The summed E-state index contributed by atoms with van der Waals surface area (Å²) >= 11 is 0. The van der Waals surface area contributed by atoms with Crippen LogP contribution in [0.3, 0.4) is 0 Å². The van der Waals surface area contributed by atoms with Crippen molar-refractivity contribution in [1.29, 1.82) is 0 Å². The number of rotatable bonds is 3. The third-order valence-electron chi connectivity index (χ3n) is 3.14. The van der Waals surface area contributed by atoms with Crippen LogP contribution in [0.25, 0.3) is 0 Å². The molecule has 1 heterocycles. The predicted molar refractivity (Wildman–Crippen MR) is 71.1 cm³/mol. The fourth-order valence-corrected chi connectivity index (χ4v) is 2.17. The quantitative estimate of drug-likeness (QED) is 0.868. The standard InChI is InChI=1S/C15H15NO2/c17-14-3-1-2-4-15(14)18-10-11-5-6-12-7-8-16-13(12)9-11/h1-6,9,16-17H,7-8,10H2. The zero-order valence-corrected chi connectivity index (χ0v) is 10.0. The van der Waals surface area contributed by atoms with Crippen molar-refractivity contribution in [3.63, 3.8) is 0 Å². The SMILES string of the molecule is Oc1ccccc1OCc1ccc2c(c1)NCC2. The summed E-state index contributed by atoms with van der Waals surface area (Å²) in [5, 5.41) is 13.0. The maximum absolute atomic E-state index is 9.61. The number of anilines is 1. The summed E-state index contributed by atoms with van der Waals surface area (Å²) in [5.74, 6) is 0.697. The highest BCUT2D eigenvalue weighted by molar-refractivity contribution is 5.57. The van der Waals surface area contributed by atoms with Crippen LogP contribution in [-0.4, -0.2) is 11.7 Å². The molecule has 2 aromatic rings. The number of aromatic hydroxyl groups is 1. The molecule has 3 rings (SSSR count). The van der Waals surface area contributed by atoms with Gasteiger partial charge in [-0.2, -0.15) is 0 Å². The number of hydrogen-bond donors (Lipinski definition) is 2. The average Bonchev–Trinajstić information content (AvgIpc) is 2.85. The number of benzene rings is 2. The van der Waals surface area contributed by atoms with Gasteiger partial charge in [-0.15, -0.1) is 0 Å². The molecule has 0 unspecified atom stereocenters. The van der Waals surface area contributed by atoms with Crippen molar-refractivity contribution in [1.82, 2.24) is 0 Å². The van der Waals surface area contributed by atoms with Crippen LogP contribution in [0.5, 0.6) is 11.5 Å². The topological polar surface area (TPSA) is 41.5 Å². The van der Waals surface area contributed by atoms with E-state index in [0.717, 1.165) is 18.5 Å². The van der Waals surface area contributed by atoms with Crippen molar-refractivity contribution in [2.45, 2.75) is 13.0 Å². The summed E-state index contributed by atoms with van der Waals surface area (Å²) in [5.41, 5.74) is 3.67. The summed E-state index contributed by atoms with van der Waals surface area (Å²) in [6.45, 7) is 1.48. The fourth-order valence-electron chi connectivity index (χ4n) is 2.17. The van der Waals surface area contributed by atoms with Crippen LogP contribution in [0.4, 0.5) is 5.69 Å². The van der Waals surface area contributed by atoms with Gasteiger partial charge in [-0.25, -0.2) is 0 Å². The van der Waals surface area contributed by atoms with Crippen molar-refractivity contribution < 1.29 is 9.84 Å². The largest absolute Gasteiger partial charge is 0.504 e. The third kappa shape index (κ3) is 2.12. The Hall–Kier alpha value is -2.16. The Bertz CT molecular complexity index is 566. The van der Waals surface area contributed by atoms with E-state index in [1.165, 1.54) is 11.3 Å². The highest BCUT2D eigenvalue weighted by Gasteiger charge is 2.10. The van der Waals surface area contributed by atoms with Crippen LogP contribution in [0, 0.1) is 0 Å². The summed E-state index contributed by atoms with van der Waals surface area (Å²) in [6.07, 6.45) is 1.09. The Morgan fingerprint density at radius 1 is 1.17 bits per heavy atom. The molecule has 0 spiro atoms. The van der Waals surface area contributed by atoms with E-state index < -0.39 is 0 Å². The summed E-state index contributed by atoms with van der Waals surface area (Å²) in [7, 11) is 0. The molecule has 0 aromatic heterocycles. The van der Waals surface area contributed by atoms with Crippen molar-refractivity contribution >= 4 is 5.69 Å². The Kier molecular flexibility index (Phi) is 2.81. The highest BCUT2D eigenvalue weighted by Crippen LogP contribution is 2.27. The second kappa shape index (κ2) is 4.61. The molecule has 2 N–H and O–H groups in total. The molecule has 3 nitrogen and oxygen atoms in total. The van der Waals surface area contributed by atoms with Crippen LogP contribution in [-0.2, 0) is 13.0 Å². The molecule has 2 aromatic carbocycles. The molecule has 0 saturated heterocycles. The Morgan fingerprint density at radius 3 is 2.94 bits per heavy atom. The Labute approximate surface area is 106 Å². The lowest BCUT2D eigenvalue weighted by Crippen LogP contribution is -1.97. The van der Waals surface area contributed by atoms with Crippen molar-refractivity contribution in [3.8, 4) is 11.5 Å². The van der Waals surface area contributed by atoms with Gasteiger partial charge >= 0.3 is 0 Å². The first kappa shape index (κ1) is 11.0. The van der Waals surface area contributed by atoms with E-state index in [1.807, 2.05) is 6.07 Å². The van der Waals surface area contributed by atoms with Gasteiger partial charge in [0.05, 0.1) is 0 Å². The van der Waals surface area contributed by atoms with E-state index in [1.54, 1.807) is 18.2 Å². The Balaban J connectivity index is 1.72. The molecule has 1 aliphatic heterocycles. The van der Waals surface area contributed by atoms with E-state index in [-0.39, 0.29) is 5.75 Å². The molecule has 0 atom stereocenters. The van der Waals surface area contributed by atoms with E-state index in [9.17, 15) is 5.11 Å². The number of phenols is 1. The van der Waals surface area contributed by atoms with Gasteiger partial charge in [0.15, 0.2) is 11.5 Å². The molecule has 1 aliphatic rings. The van der Waals surface area contributed by atoms with Crippen molar-refractivity contribution in [2.24, 2.45) is 0 Å². The van der Waals surface area contributed by atoms with Crippen LogP contribution in [0.15, 0.2) is 42.5 Å². The minimum atomic E-state index is 0.178. The number of nitrogens with one attached hydrogen (secondary N) is 1. The second-order valence-corrected chi connectivity index (χ2v) is 4.42. The predicted octanol–water partition coefficient (Wildman–Crippen LogP) is 2.94. The zero-order chi connectivity index (χ0) is 12.4. The lowest BCUT2D eigenvalue weighted by molar-refractivity contribution is 0.289. The average molecular weight is 241 g/mol. The molecule has 18 heavy (non-hydrogen) atoms. The molecule has 0 aliphatic carbocycles. The van der Waals surface area contributed by atoms with Gasteiger partial charge in [0.25, 0.3) is 0 Å². The molecule has 3 heteroatoms. The monoisotopic (exact) mass is 241 g/mol. The smallest absolute Gasteiger partial charge is 0.161 e. The summed E-state index contributed by atoms with van der Waals surface area (Å²) in [6, 6.07) is 13.3. The van der Waals surface area contributed by atoms with Gasteiger partial charge in [-0.05, 0) is 35.7 Å². The first-order valence-corrected chi connectivity index (χ1v) is 6.09. The molecule has 92 valence electrons. The number of fused-ring (bicyclic) bond motifs is 1. The van der Waals surface area contributed by atoms with Crippen LogP contribution in [0.2, 0.25) is 0 Å². The van der Waals surface area contributed by atoms with E-state index in [0.29, 0.717) is 12.4 Å². The number of ether oxygens (including phenoxy) is 1. The molecule has 0 amide bonds. The molecule has 0 radical (unpaired) electrons. The first-order chi connectivity index (χ1) is 8.83. The zero-order valence-electron chi connectivity index (χ0n) is 10.0. The van der Waals surface area contributed by atoms with Gasteiger partial charge in [0.1, 0.15) is 6.61 Å². The maximum atomic E-state index is 9.61. The van der Waals surface area contributed by atoms with Crippen molar-refractivity contribution in [3.05, 3.63) is 53.6 Å². The van der Waals surface area contributed by atoms with Crippen LogP contribution in [0.1, 0.15) is 11.1 Å². The lowest BCUT2D eigenvalue weighted by atomic mass is 10.1. The maximum Gasteiger partial charge on any atom is 0.161 e. The second-order valence-electron chi connectivity index (χ2n) is 4.42. The first-order valence-electron chi connectivity index (χ1n) is 6.09. The third-order valence-corrected chi connectivity index (χ3v) is 3.14. The lowest BCUT2D eigenvalue weighted by Gasteiger charge is -2.09. The highest BCUT2D eigenvalue weighted by atomic mass is 16.5. The van der Waals surface area contributed by atoms with Crippen molar-refractivity contribution in [2.75, 3.05) is 11.9 Å². The van der Waals surface area contributed by atoms with Crippen LogP contribution < -0.4 is 10.1 Å². The summed E-state index contributed by atoms with van der Waals surface area (Å²) < 4.78 is 5.60. The van der Waals surface area contributed by atoms with E-state index in [2.05, 4.69) is 23.5 Å². The molecular formula is C15H15NO2. The van der Waals surface area contributed by atoms with E-state index in [4.69, 9.17) is 4.74 Å². The van der Waals surface area contributed by atoms with Gasteiger partial charge in [-0.1, -0.05) is 24.3 Å². The minimum Gasteiger partial charge on any atom is -0.504 e. The molecule has 0 fully saturated rings. The number of phenolic OH excluding ortho intramolecular Hbond substituents is 1. The minimum absolute atomic E-state index is 0.178. The van der Waals surface area contributed by atoms with Gasteiger partial charge in [0.2, 0.25) is 0 Å². The van der Waals surface area contributed by atoms with Gasteiger partial charge in [-0.3, -0.25) is 0 Å². The molecular weight excluding hydrogens is 226 g/mol. The normalized spacial score (nSPS) is 12.9. The molecule has 0 bridgehead atoms. The molecule has 0 saturated carbocycles. The number of hydrogen-bond acceptors (Lipinski definition) is 3. The van der Waals surface area contributed by atoms with Gasteiger partial charge in [0, 0.05) is 12.2 Å². The van der Waals surface area contributed by atoms with Gasteiger partial charge < -0.3 is 15.2 Å². The van der Waals surface area contributed by atoms with Crippen LogP contribution >= 0.6 is 0 Å². The number of para-hydroxylation sites is 2.